The minimum absolute atomic E-state index is 0. The van der Waals surface area contributed by atoms with Crippen LogP contribution in [0.4, 0.5) is 30.6 Å². The second-order valence-corrected chi connectivity index (χ2v) is 31.9. The third-order valence-electron chi connectivity index (χ3n) is 17.6. The molecule has 3 N–H and O–H groups in total. The van der Waals surface area contributed by atoms with Crippen molar-refractivity contribution >= 4 is 27.6 Å². The van der Waals surface area contributed by atoms with Gasteiger partial charge in [-0.3, -0.25) is 45.2 Å². The van der Waals surface area contributed by atoms with Crippen LogP contribution in [0.15, 0.2) is 274 Å². The molecule has 0 atom stereocenters. The summed E-state index contributed by atoms with van der Waals surface area (Å²) < 4.78 is 73.7. The van der Waals surface area contributed by atoms with Gasteiger partial charge in [0.05, 0.1) is 0 Å². The van der Waals surface area contributed by atoms with Crippen molar-refractivity contribution in [3.8, 4) is 33.4 Å². The van der Waals surface area contributed by atoms with Crippen molar-refractivity contribution in [2.45, 2.75) is 140 Å². The van der Waals surface area contributed by atoms with Crippen molar-refractivity contribution in [1.82, 2.24) is 60.5 Å². The molecule has 0 spiro atoms. The molecular weight excluding hydrogens is 1790 g/mol. The molecule has 0 aliphatic carbocycles. The van der Waals surface area contributed by atoms with E-state index < -0.39 is 32.4 Å². The Hall–Kier alpha value is -9.73. The van der Waals surface area contributed by atoms with Crippen molar-refractivity contribution in [1.29, 1.82) is 0 Å². The Balaban J connectivity index is 0.000000545. The van der Waals surface area contributed by atoms with Gasteiger partial charge in [0.1, 0.15) is 0 Å². The zero-order valence-corrected chi connectivity index (χ0v) is 75.5. The second kappa shape index (κ2) is 52.4. The number of benzene rings is 4. The van der Waals surface area contributed by atoms with Crippen LogP contribution in [-0.2, 0) is 120 Å². The molecule has 0 amide bonds. The van der Waals surface area contributed by atoms with Crippen LogP contribution in [0.3, 0.4) is 0 Å². The molecule has 13 aromatic rings. The minimum Gasteiger partial charge on any atom is -2.00 e. The number of pyridine rings is 6. The number of ether oxygens (including phenoxy) is 3. The van der Waals surface area contributed by atoms with Gasteiger partial charge >= 0.3 is 73.8 Å². The zero-order chi connectivity index (χ0) is 85.4. The first kappa shape index (κ1) is 109. The number of alkyl halides is 3. The van der Waals surface area contributed by atoms with Crippen molar-refractivity contribution in [2.75, 3.05) is 55.6 Å². The first-order valence-electron chi connectivity index (χ1n) is 38.9. The summed E-state index contributed by atoms with van der Waals surface area (Å²) >= 11 is 0. The molecule has 9 aromatic heterocycles. The Bertz CT molecular complexity index is 4580. The fourth-order valence-corrected chi connectivity index (χ4v) is 12.4. The summed E-state index contributed by atoms with van der Waals surface area (Å²) in [6.45, 7) is 24.8. The molecule has 4 aromatic carbocycles. The average Bonchev–Trinajstić information content (AvgIpc) is 1.16. The molecule has 12 heterocycles. The molecular formula is C91H99F3Fe4N15O11S. The molecule has 3 aliphatic heterocycles. The summed E-state index contributed by atoms with van der Waals surface area (Å²) in [6, 6.07) is 65.6. The maximum Gasteiger partial charge on any atom is 3.00 e. The van der Waals surface area contributed by atoms with E-state index in [-0.39, 0.29) is 130 Å². The Kier molecular flexibility index (Phi) is 45.9. The van der Waals surface area contributed by atoms with Crippen molar-refractivity contribution in [3.63, 3.8) is 0 Å². The van der Waals surface area contributed by atoms with E-state index in [1.165, 1.54) is 38.5 Å². The largest absolute Gasteiger partial charge is 3.00 e. The van der Waals surface area contributed by atoms with Crippen LogP contribution in [-0.4, -0.2) is 120 Å². The van der Waals surface area contributed by atoms with Gasteiger partial charge in [0.2, 0.25) is 0 Å². The number of halogens is 3. The van der Waals surface area contributed by atoms with Crippen LogP contribution in [0, 0.1) is 0 Å². The van der Waals surface area contributed by atoms with Crippen molar-refractivity contribution in [3.05, 3.63) is 325 Å². The molecule has 26 nitrogen and oxygen atoms in total. The minimum atomic E-state index is -6.09. The second-order valence-electron chi connectivity index (χ2n) is 30.5. The smallest absolute Gasteiger partial charge is 2.00 e. The molecule has 0 bridgehead atoms. The van der Waals surface area contributed by atoms with Crippen molar-refractivity contribution in [2.24, 2.45) is 0 Å². The van der Waals surface area contributed by atoms with Gasteiger partial charge in [-0.25, -0.2) is 8.42 Å². The maximum absolute atomic E-state index is 16.0. The van der Waals surface area contributed by atoms with Crippen LogP contribution in [0.25, 0.3) is 33.4 Å². The number of hydrogen-bond donors (Lipinski definition) is 3. The fraction of sp³-hybridized carbons (Fsp3) is 0.308. The van der Waals surface area contributed by atoms with E-state index in [2.05, 4.69) is 139 Å². The molecule has 125 heavy (non-hydrogen) atoms. The first-order chi connectivity index (χ1) is 56.9. The number of aromatic nitrogens is 12. The number of rotatable bonds is 15. The predicted molar refractivity (Wildman–Crippen MR) is 448 cm³/mol. The third-order valence-corrected chi connectivity index (χ3v) is 18.2. The molecule has 16 rings (SSSR count). The molecule has 3 fully saturated rings. The maximum atomic E-state index is 16.0. The molecule has 0 unspecified atom stereocenters. The average molecular weight is 1890 g/mol. The zero-order valence-electron chi connectivity index (χ0n) is 70.3. The Morgan fingerprint density at radius 1 is 0.328 bits per heavy atom. The topological polar surface area (TPSA) is 405 Å². The van der Waals surface area contributed by atoms with Gasteiger partial charge in [-0.1, -0.05) is 172 Å². The van der Waals surface area contributed by atoms with Crippen molar-refractivity contribution < 1.29 is 135 Å². The molecule has 3 radical (unpaired) electrons. The summed E-state index contributed by atoms with van der Waals surface area (Å²) in [6.07, 6.45) is 22.3. The number of nitrogens with one attached hydrogen (secondary N) is 3. The Morgan fingerprint density at radius 3 is 0.664 bits per heavy atom. The van der Waals surface area contributed by atoms with E-state index in [1.807, 2.05) is 109 Å². The van der Waals surface area contributed by atoms with Gasteiger partial charge in [0.15, 0.2) is 10.1 Å². The van der Waals surface area contributed by atoms with Crippen LogP contribution < -0.4 is 46.6 Å². The van der Waals surface area contributed by atoms with E-state index in [4.69, 9.17) is 27.2 Å². The molecule has 663 valence electrons. The van der Waals surface area contributed by atoms with E-state index in [0.717, 1.165) is 57.1 Å². The summed E-state index contributed by atoms with van der Waals surface area (Å²) in [5.41, 5.74) is -5.00. The monoisotopic (exact) mass is 1890 g/mol. The number of hydrogen-bond acceptors (Lipinski definition) is 21. The van der Waals surface area contributed by atoms with E-state index in [1.54, 1.807) is 165 Å². The van der Waals surface area contributed by atoms with E-state index >= 15 is 15.3 Å². The SMILES string of the molecule is C1CCOC1.C1CCOC1.C1CCOC1.CC(C)(C)Nc1ccn[n-]1.CC(C)(C)Nc1ccn[n-]1.CC(C)(C)Nc1ccn[n-]1.O=S(=O)([O-])C(F)(F)F.[Fe+2].[Fe+3].[Fe+3].[Fe+3].[O-2].[O-2].[O-]C(c1ccccn1)(c1ccccn1)c1ccccc1-c1cc(-c2ccccc2C([O-])(c2ccccn2)c2ccccn2)cc(-c2ccccc2C([O-])(c2ccccn2)c2ccccn2)c1. The molecule has 3 saturated heterocycles. The molecule has 3 aliphatic rings. The van der Waals surface area contributed by atoms with Crippen LogP contribution in [0.1, 0.15) is 152 Å². The van der Waals surface area contributed by atoms with Gasteiger partial charge in [0.25, 0.3) is 0 Å². The molecule has 34 heteroatoms. The quantitative estimate of drug-likeness (QED) is 0.0487. The van der Waals surface area contributed by atoms with Crippen LogP contribution in [0.5, 0.6) is 0 Å². The van der Waals surface area contributed by atoms with E-state index in [9.17, 15) is 13.2 Å². The van der Waals surface area contributed by atoms with E-state index in [0.29, 0.717) is 50.1 Å². The van der Waals surface area contributed by atoms with Gasteiger partial charge in [-0.15, -0.1) is 0 Å². The van der Waals surface area contributed by atoms with Gasteiger partial charge in [-0.2, -0.15) is 13.2 Å². The summed E-state index contributed by atoms with van der Waals surface area (Å²) in [5.74, 6) is 2.52. The summed E-state index contributed by atoms with van der Waals surface area (Å²) in [4.78, 5) is 27.7. The Morgan fingerprint density at radius 2 is 0.520 bits per heavy atom. The normalized spacial score (nSPS) is 12.8. The number of nitrogens with zero attached hydrogens (tertiary/aromatic N) is 12. The Labute approximate surface area is 771 Å². The summed E-state index contributed by atoms with van der Waals surface area (Å²) in [5, 5.41) is 80.1. The molecule has 0 saturated carbocycles. The van der Waals surface area contributed by atoms with Crippen LogP contribution >= 0.6 is 0 Å². The van der Waals surface area contributed by atoms with Crippen LogP contribution in [0.2, 0.25) is 0 Å². The third kappa shape index (κ3) is 32.9. The summed E-state index contributed by atoms with van der Waals surface area (Å²) in [7, 11) is -6.09. The predicted octanol–water partition coefficient (Wildman–Crippen LogP) is 14.0. The fourth-order valence-electron chi connectivity index (χ4n) is 12.4. The van der Waals surface area contributed by atoms with Gasteiger partial charge in [0, 0.05) is 146 Å². The van der Waals surface area contributed by atoms with Gasteiger partial charge in [-0.05, 0) is 232 Å². The number of anilines is 3. The van der Waals surface area contributed by atoms with Gasteiger partial charge < -0.3 is 76.3 Å². The first-order valence-corrected chi connectivity index (χ1v) is 40.3. The standard InChI is InChI=1S/C57H39N6O3.3C7H12N3.3C4H8O.CHF3O3S.4Fe.2O/c64-55(49-25-7-13-31-58-49,50-26-8-14-32-59-50)46-22-4-1-19-43(46)40-37-41(44-20-2-5-23-47(44)56(65,51-27-9-15-33-60-51)52-28-10-16-34-61-52)39-42(38-40)45-21-3-6-24-48(45)57(66,53-29-11-17-35-62-53)54-30-12-18-36-63-54;3*1-7(2,3)9-6-4-5-8-10-6;3*1-2-4-5-3-1;2-1(3,4)8(5,6)7;;;;;;/h1-39H;3*4-5H,1-3H3,(H-,8,9,10);3*1-4H2;(H,5,6,7);;;;;;/q-3;3*-1;;;;;+2;3*+3;2*-2/p-1.